The van der Waals surface area contributed by atoms with Gasteiger partial charge in [0.15, 0.2) is 16.5 Å². The van der Waals surface area contributed by atoms with E-state index in [0.717, 1.165) is 49.3 Å². The summed E-state index contributed by atoms with van der Waals surface area (Å²) in [5.41, 5.74) is 1.23. The van der Waals surface area contributed by atoms with Gasteiger partial charge in [0.2, 0.25) is 5.95 Å². The minimum absolute atomic E-state index is 0.0601. The molecule has 0 aliphatic carbocycles. The maximum Gasteiger partial charge on any atom is 0.322 e. The molecule has 1 aliphatic heterocycles. The number of anilines is 2. The summed E-state index contributed by atoms with van der Waals surface area (Å²) < 4.78 is 70.6. The average molecular weight is 535 g/mol. The Balaban J connectivity index is 1.62. The highest BCUT2D eigenvalue weighted by atomic mass is 32.2. The fourth-order valence-electron chi connectivity index (χ4n) is 4.45. The molecule has 0 amide bonds. The standard InChI is InChI=1S/C25H25F3N4O4S/c1-17-21(30(2)19-11-12-31(15-19)14-18-7-4-3-5-8-18)13-20(26)25(24(17)28)37(34,35)32(36-16-33)23-10-6-9-22(27)29-23/h3-10,13,16,19H,11-12,14-15H2,1-2H3/t19-/m0/s1. The summed E-state index contributed by atoms with van der Waals surface area (Å²) in [6, 6.07) is 13.8. The largest absolute Gasteiger partial charge is 0.370 e. The van der Waals surface area contributed by atoms with Crippen molar-refractivity contribution in [1.29, 1.82) is 0 Å². The van der Waals surface area contributed by atoms with Crippen molar-refractivity contribution in [3.8, 4) is 0 Å². The molecular formula is C25H25F3N4O4S. The maximum atomic E-state index is 15.5. The van der Waals surface area contributed by atoms with Gasteiger partial charge in [-0.05, 0) is 37.1 Å². The zero-order valence-electron chi connectivity index (χ0n) is 20.1. The van der Waals surface area contributed by atoms with E-state index >= 15 is 8.78 Å². The average Bonchev–Trinajstić information content (AvgIpc) is 3.33. The lowest BCUT2D eigenvalue weighted by molar-refractivity contribution is -0.128. The summed E-state index contributed by atoms with van der Waals surface area (Å²) in [6.45, 7) is 3.25. The molecule has 37 heavy (non-hydrogen) atoms. The topological polar surface area (TPSA) is 83.0 Å². The fourth-order valence-corrected chi connectivity index (χ4v) is 5.80. The number of likely N-dealkylation sites (N-methyl/N-ethyl adjacent to an activating group) is 1. The molecule has 1 saturated heterocycles. The Labute approximate surface area is 212 Å². The molecule has 2 heterocycles. The van der Waals surface area contributed by atoms with Crippen molar-refractivity contribution in [2.45, 2.75) is 30.8 Å². The Morgan fingerprint density at radius 3 is 2.54 bits per heavy atom. The summed E-state index contributed by atoms with van der Waals surface area (Å²) in [6.07, 6.45) is 0.748. The fraction of sp³-hybridized carbons (Fsp3) is 0.280. The van der Waals surface area contributed by atoms with Crippen LogP contribution in [0.25, 0.3) is 0 Å². The van der Waals surface area contributed by atoms with Crippen LogP contribution in [0.4, 0.5) is 24.7 Å². The van der Waals surface area contributed by atoms with Crippen LogP contribution in [0.1, 0.15) is 17.5 Å². The second-order valence-corrected chi connectivity index (χ2v) is 10.4. The number of hydrogen-bond donors (Lipinski definition) is 0. The van der Waals surface area contributed by atoms with Crippen LogP contribution in [0.5, 0.6) is 0 Å². The molecular weight excluding hydrogens is 509 g/mol. The van der Waals surface area contributed by atoms with Crippen LogP contribution in [0.3, 0.4) is 0 Å². The van der Waals surface area contributed by atoms with Crippen molar-refractivity contribution < 1.29 is 31.2 Å². The van der Waals surface area contributed by atoms with E-state index in [0.29, 0.717) is 6.54 Å². The van der Waals surface area contributed by atoms with Gasteiger partial charge in [0, 0.05) is 44.0 Å². The summed E-state index contributed by atoms with van der Waals surface area (Å²) in [5.74, 6) is -4.51. The summed E-state index contributed by atoms with van der Waals surface area (Å²) in [7, 11) is -3.45. The molecule has 0 unspecified atom stereocenters. The van der Waals surface area contributed by atoms with E-state index in [1.807, 2.05) is 30.3 Å². The molecule has 8 nitrogen and oxygen atoms in total. The second-order valence-electron chi connectivity index (χ2n) is 8.67. The Morgan fingerprint density at radius 2 is 1.86 bits per heavy atom. The van der Waals surface area contributed by atoms with Gasteiger partial charge in [-0.3, -0.25) is 9.69 Å². The van der Waals surface area contributed by atoms with E-state index in [1.54, 1.807) is 11.9 Å². The molecule has 2 aromatic carbocycles. The van der Waals surface area contributed by atoms with Crippen molar-refractivity contribution in [2.75, 3.05) is 29.5 Å². The first-order valence-electron chi connectivity index (χ1n) is 11.4. The molecule has 0 bridgehead atoms. The number of likely N-dealkylation sites (tertiary alicyclic amines) is 1. The quantitative estimate of drug-likeness (QED) is 0.235. The molecule has 1 aliphatic rings. The third kappa shape index (κ3) is 5.39. The number of sulfonamides is 1. The SMILES string of the molecule is Cc1c(N(C)[C@H]2CCN(Cc3ccccc3)C2)cc(F)c(S(=O)(=O)N(OC=O)c2cccc(F)n2)c1F. The number of hydrogen-bond acceptors (Lipinski definition) is 7. The molecule has 4 rings (SSSR count). The number of carbonyl (C=O) groups excluding carboxylic acids is 1. The normalized spacial score (nSPS) is 16.0. The van der Waals surface area contributed by atoms with E-state index in [-0.39, 0.29) is 28.2 Å². The minimum Gasteiger partial charge on any atom is -0.370 e. The number of rotatable bonds is 9. The van der Waals surface area contributed by atoms with Gasteiger partial charge in [-0.1, -0.05) is 40.9 Å². The Bertz CT molecular complexity index is 1390. The van der Waals surface area contributed by atoms with E-state index < -0.39 is 38.3 Å². The number of pyridine rings is 1. The lowest BCUT2D eigenvalue weighted by Gasteiger charge is -2.29. The molecule has 196 valence electrons. The predicted octanol–water partition coefficient (Wildman–Crippen LogP) is 3.80. The molecule has 3 aromatic rings. The van der Waals surface area contributed by atoms with Crippen LogP contribution in [0, 0.1) is 24.5 Å². The van der Waals surface area contributed by atoms with Gasteiger partial charge < -0.3 is 9.74 Å². The summed E-state index contributed by atoms with van der Waals surface area (Å²) >= 11 is 0. The molecule has 0 N–H and O–H groups in total. The second kappa shape index (κ2) is 10.8. The van der Waals surface area contributed by atoms with Gasteiger partial charge in [-0.2, -0.15) is 17.8 Å². The molecule has 0 spiro atoms. The molecule has 0 saturated carbocycles. The summed E-state index contributed by atoms with van der Waals surface area (Å²) in [5, 5.41) is 0. The summed E-state index contributed by atoms with van der Waals surface area (Å²) in [4.78, 5) is 21.4. The van der Waals surface area contributed by atoms with Gasteiger partial charge in [0.05, 0.1) is 0 Å². The predicted molar refractivity (Wildman–Crippen MR) is 131 cm³/mol. The zero-order valence-corrected chi connectivity index (χ0v) is 21.0. The monoisotopic (exact) mass is 534 g/mol. The van der Waals surface area contributed by atoms with Gasteiger partial charge >= 0.3 is 16.5 Å². The van der Waals surface area contributed by atoms with Crippen LogP contribution < -0.4 is 9.37 Å². The van der Waals surface area contributed by atoms with E-state index in [4.69, 9.17) is 0 Å². The smallest absolute Gasteiger partial charge is 0.322 e. The number of nitrogens with zero attached hydrogens (tertiary/aromatic N) is 4. The van der Waals surface area contributed by atoms with E-state index in [1.165, 1.54) is 6.92 Å². The van der Waals surface area contributed by atoms with Crippen LogP contribution >= 0.6 is 0 Å². The molecule has 1 atom stereocenters. The number of halogens is 3. The van der Waals surface area contributed by atoms with Crippen LogP contribution in [-0.4, -0.2) is 51.0 Å². The highest BCUT2D eigenvalue weighted by Gasteiger charge is 2.37. The zero-order chi connectivity index (χ0) is 26.7. The van der Waals surface area contributed by atoms with Crippen molar-refractivity contribution >= 4 is 28.0 Å². The minimum atomic E-state index is -5.15. The van der Waals surface area contributed by atoms with Crippen molar-refractivity contribution in [3.05, 3.63) is 83.3 Å². The van der Waals surface area contributed by atoms with Gasteiger partial charge in [0.1, 0.15) is 5.82 Å². The Morgan fingerprint density at radius 1 is 1.14 bits per heavy atom. The highest BCUT2D eigenvalue weighted by molar-refractivity contribution is 7.92. The lowest BCUT2D eigenvalue weighted by Crippen LogP contribution is -2.36. The van der Waals surface area contributed by atoms with Crippen molar-refractivity contribution in [3.63, 3.8) is 0 Å². The first-order valence-corrected chi connectivity index (χ1v) is 12.8. The third-order valence-electron chi connectivity index (χ3n) is 6.32. The van der Waals surface area contributed by atoms with Crippen molar-refractivity contribution in [1.82, 2.24) is 9.88 Å². The highest BCUT2D eigenvalue weighted by Crippen LogP contribution is 2.34. The Hall–Kier alpha value is -3.64. The van der Waals surface area contributed by atoms with Gasteiger partial charge in [-0.15, -0.1) is 0 Å². The Kier molecular flexibility index (Phi) is 7.69. The number of carbonyl (C=O) groups is 1. The van der Waals surface area contributed by atoms with Gasteiger partial charge in [-0.25, -0.2) is 8.78 Å². The molecule has 1 fully saturated rings. The van der Waals surface area contributed by atoms with Crippen LogP contribution in [-0.2, 0) is 26.2 Å². The first-order chi connectivity index (χ1) is 17.6. The third-order valence-corrected chi connectivity index (χ3v) is 7.92. The van der Waals surface area contributed by atoms with E-state index in [9.17, 15) is 17.6 Å². The number of benzene rings is 2. The maximum absolute atomic E-state index is 15.5. The molecule has 1 aromatic heterocycles. The first kappa shape index (κ1) is 26.4. The van der Waals surface area contributed by atoms with E-state index in [2.05, 4.69) is 14.7 Å². The molecule has 0 radical (unpaired) electrons. The van der Waals surface area contributed by atoms with Crippen molar-refractivity contribution in [2.24, 2.45) is 0 Å². The number of aromatic nitrogens is 1. The molecule has 12 heteroatoms. The lowest BCUT2D eigenvalue weighted by atomic mass is 10.1. The van der Waals surface area contributed by atoms with Gasteiger partial charge in [0.25, 0.3) is 0 Å². The van der Waals surface area contributed by atoms with Crippen LogP contribution in [0.2, 0.25) is 0 Å². The van der Waals surface area contributed by atoms with Crippen LogP contribution in [0.15, 0.2) is 59.5 Å².